The summed E-state index contributed by atoms with van der Waals surface area (Å²) >= 11 is 7.28. The molecule has 0 saturated heterocycles. The number of nitrogens with zero attached hydrogens (tertiary/aromatic N) is 1. The topological polar surface area (TPSA) is 138 Å². The molecule has 7 rings (SSSR count). The van der Waals surface area contributed by atoms with Crippen molar-refractivity contribution in [1.82, 2.24) is 5.32 Å². The Morgan fingerprint density at radius 3 is 2.43 bits per heavy atom. The van der Waals surface area contributed by atoms with Gasteiger partial charge in [-0.1, -0.05) is 18.5 Å². The fourth-order valence-electron chi connectivity index (χ4n) is 7.99. The van der Waals surface area contributed by atoms with Crippen LogP contribution in [0.15, 0.2) is 30.3 Å². The van der Waals surface area contributed by atoms with Gasteiger partial charge in [-0.25, -0.2) is 4.79 Å². The second-order valence-electron chi connectivity index (χ2n) is 16.0. The molecule has 4 aliphatic rings. The van der Waals surface area contributed by atoms with E-state index in [1.165, 1.54) is 12.1 Å². The number of fused-ring (bicyclic) bond motifs is 7. The van der Waals surface area contributed by atoms with E-state index in [4.69, 9.17) is 30.3 Å². The SMILES string of the molecule is CCC(=O)CCc1cc2c(c(Cl)c1OC(=O)C(C)(C)C)Oc1c(cc3c4c1CCCN4CCC3)C21OC(=O)c2ccc([P+](=O)OCCCCNC(=O)C(F)(F)F)cc21. The smallest absolute Gasteiger partial charge is 0.454 e. The number of amides is 1. The molecule has 0 fully saturated rings. The van der Waals surface area contributed by atoms with E-state index in [1.54, 1.807) is 45.1 Å². The molecule has 0 radical (unpaired) electrons. The molecule has 11 nitrogen and oxygen atoms in total. The molecule has 2 unspecified atom stereocenters. The van der Waals surface area contributed by atoms with Gasteiger partial charge < -0.3 is 24.4 Å². The first-order chi connectivity index (χ1) is 27.4. The number of esters is 2. The van der Waals surface area contributed by atoms with E-state index >= 15 is 0 Å². The number of carbonyl (C=O) groups is 4. The van der Waals surface area contributed by atoms with Crippen LogP contribution < -0.4 is 25.0 Å². The standard InChI is InChI=1S/C42H43ClF3N2O9P/c1-5-25(49)13-12-24-21-31-36(32(43)34(24)56-39(52)40(2,3)4)55-35-28-11-9-18-48-17-8-10-23(33(28)48)20-30(35)41(31)29-22-26(14-15-27(29)37(50)57-41)58(53)54-19-7-6-16-47-38(51)42(44,45)46/h14-15,20-22H,5-13,16-19H2,1-4H3/p+1. The third kappa shape index (κ3) is 7.59. The Kier molecular flexibility index (Phi) is 11.4. The van der Waals surface area contributed by atoms with Gasteiger partial charge in [0.2, 0.25) is 5.30 Å². The summed E-state index contributed by atoms with van der Waals surface area (Å²) in [6.45, 7) is 8.33. The van der Waals surface area contributed by atoms with Gasteiger partial charge in [0.25, 0.3) is 0 Å². The largest absolute Gasteiger partial charge is 0.548 e. The van der Waals surface area contributed by atoms with Gasteiger partial charge >= 0.3 is 32.1 Å². The Morgan fingerprint density at radius 2 is 1.72 bits per heavy atom. The maximum absolute atomic E-state index is 14.1. The molecule has 0 bridgehead atoms. The first-order valence-corrected chi connectivity index (χ1v) is 21.1. The first kappa shape index (κ1) is 41.6. The van der Waals surface area contributed by atoms with Gasteiger partial charge in [-0.2, -0.15) is 13.2 Å². The van der Waals surface area contributed by atoms with Crippen molar-refractivity contribution in [1.29, 1.82) is 0 Å². The number of benzene rings is 3. The quantitative estimate of drug-likeness (QED) is 0.0821. The Balaban J connectivity index is 1.35. The first-order valence-electron chi connectivity index (χ1n) is 19.5. The third-order valence-electron chi connectivity index (χ3n) is 10.9. The predicted molar refractivity (Wildman–Crippen MR) is 209 cm³/mol. The average molecular weight is 844 g/mol. The van der Waals surface area contributed by atoms with E-state index < -0.39 is 43.1 Å². The molecule has 2 atom stereocenters. The second-order valence-corrected chi connectivity index (χ2v) is 17.6. The lowest BCUT2D eigenvalue weighted by molar-refractivity contribution is -0.173. The van der Waals surface area contributed by atoms with Gasteiger partial charge in [0.1, 0.15) is 23.2 Å². The van der Waals surface area contributed by atoms with E-state index in [2.05, 4.69) is 4.90 Å². The number of anilines is 1. The molecule has 3 aromatic carbocycles. The number of Topliss-reactive ketones (excluding diaryl/α,β-unsaturated/α-hetero) is 1. The minimum Gasteiger partial charge on any atom is -0.454 e. The van der Waals surface area contributed by atoms with Crippen LogP contribution in [0.25, 0.3) is 0 Å². The highest BCUT2D eigenvalue weighted by Crippen LogP contribution is 2.62. The van der Waals surface area contributed by atoms with Gasteiger partial charge in [-0.15, -0.1) is 4.52 Å². The third-order valence-corrected chi connectivity index (χ3v) is 12.4. The van der Waals surface area contributed by atoms with Crippen LogP contribution in [0.5, 0.6) is 17.2 Å². The van der Waals surface area contributed by atoms with Gasteiger partial charge in [0, 0.05) is 66.5 Å². The van der Waals surface area contributed by atoms with E-state index in [0.717, 1.165) is 49.2 Å². The predicted octanol–water partition coefficient (Wildman–Crippen LogP) is 8.31. The van der Waals surface area contributed by atoms with Crippen molar-refractivity contribution < 1.29 is 55.6 Å². The number of rotatable bonds is 12. The van der Waals surface area contributed by atoms with Crippen LogP contribution in [0.1, 0.15) is 110 Å². The summed E-state index contributed by atoms with van der Waals surface area (Å²) in [5, 5.41) is 2.00. The van der Waals surface area contributed by atoms with E-state index in [1.807, 2.05) is 6.07 Å². The molecule has 58 heavy (non-hydrogen) atoms. The lowest BCUT2D eigenvalue weighted by Crippen LogP contribution is -2.38. The molecule has 16 heteroatoms. The number of aryl methyl sites for hydroxylation is 2. The number of carbonyl (C=O) groups excluding carboxylic acids is 4. The zero-order valence-corrected chi connectivity index (χ0v) is 34.3. The molecule has 0 aliphatic carbocycles. The molecule has 1 spiro atoms. The summed E-state index contributed by atoms with van der Waals surface area (Å²) in [6.07, 6.45) is -0.822. The minimum absolute atomic E-state index is 0.0225. The monoisotopic (exact) mass is 843 g/mol. The van der Waals surface area contributed by atoms with Crippen molar-refractivity contribution in [2.24, 2.45) is 5.41 Å². The molecule has 0 aromatic heterocycles. The summed E-state index contributed by atoms with van der Waals surface area (Å²) < 4.78 is 76.3. The van der Waals surface area contributed by atoms with Gasteiger partial charge in [-0.05, 0) is 106 Å². The highest BCUT2D eigenvalue weighted by atomic mass is 35.5. The van der Waals surface area contributed by atoms with Crippen molar-refractivity contribution in [2.75, 3.05) is 31.1 Å². The summed E-state index contributed by atoms with van der Waals surface area (Å²) in [5.74, 6) is -2.63. The zero-order chi connectivity index (χ0) is 41.7. The molecule has 3 aromatic rings. The highest BCUT2D eigenvalue weighted by Gasteiger charge is 2.56. The number of alkyl halides is 3. The number of nitrogens with one attached hydrogen (secondary N) is 1. The van der Waals surface area contributed by atoms with Crippen molar-refractivity contribution >= 4 is 54.2 Å². The van der Waals surface area contributed by atoms with Crippen LogP contribution in [0.2, 0.25) is 5.02 Å². The summed E-state index contributed by atoms with van der Waals surface area (Å²) in [4.78, 5) is 53.6. The number of unbranched alkanes of at least 4 members (excludes halogenated alkanes) is 1. The Hall–Kier alpha value is -4.52. The number of hydrogen-bond donors (Lipinski definition) is 1. The highest BCUT2D eigenvalue weighted by molar-refractivity contribution is 7.48. The molecule has 1 N–H and O–H groups in total. The van der Waals surface area contributed by atoms with Crippen LogP contribution in [0, 0.1) is 5.41 Å². The van der Waals surface area contributed by atoms with Crippen molar-refractivity contribution in [3.63, 3.8) is 0 Å². The summed E-state index contributed by atoms with van der Waals surface area (Å²) in [5.41, 5.74) is 2.41. The molecule has 1 amide bonds. The van der Waals surface area contributed by atoms with E-state index in [-0.39, 0.29) is 72.0 Å². The van der Waals surface area contributed by atoms with E-state index in [0.29, 0.717) is 40.8 Å². The molecular weight excluding hydrogens is 800 g/mol. The molecule has 308 valence electrons. The second kappa shape index (κ2) is 15.9. The lowest BCUT2D eigenvalue weighted by atomic mass is 9.74. The molecule has 4 aliphatic heterocycles. The summed E-state index contributed by atoms with van der Waals surface area (Å²) in [7, 11) is -2.53. The van der Waals surface area contributed by atoms with Gasteiger partial charge in [0.05, 0.1) is 11.0 Å². The Labute approximate surface area is 339 Å². The fraction of sp³-hybridized carbons (Fsp3) is 0.476. The summed E-state index contributed by atoms with van der Waals surface area (Å²) in [6, 6.07) is 8.35. The van der Waals surface area contributed by atoms with Crippen molar-refractivity contribution in [3.05, 3.63) is 74.3 Å². The molecule has 0 saturated carbocycles. The number of ether oxygens (including phenoxy) is 3. The van der Waals surface area contributed by atoms with Crippen LogP contribution in [-0.2, 0) is 53.1 Å². The Bertz CT molecular complexity index is 2240. The fourth-order valence-corrected chi connectivity index (χ4v) is 9.17. The van der Waals surface area contributed by atoms with Crippen LogP contribution in [0.3, 0.4) is 0 Å². The average Bonchev–Trinajstić information content (AvgIpc) is 3.47. The number of ketones is 1. The zero-order valence-electron chi connectivity index (χ0n) is 32.7. The van der Waals surface area contributed by atoms with Gasteiger partial charge in [-0.3, -0.25) is 14.4 Å². The Morgan fingerprint density at radius 1 is 1.00 bits per heavy atom. The minimum atomic E-state index is -4.99. The maximum atomic E-state index is 14.1. The van der Waals surface area contributed by atoms with Crippen LogP contribution in [0.4, 0.5) is 18.9 Å². The van der Waals surface area contributed by atoms with Crippen molar-refractivity contribution in [2.45, 2.75) is 97.3 Å². The number of halogens is 4. The molecule has 4 heterocycles. The maximum Gasteiger partial charge on any atom is 0.548 e. The van der Waals surface area contributed by atoms with E-state index in [9.17, 15) is 36.9 Å². The lowest BCUT2D eigenvalue weighted by Gasteiger charge is -2.43. The van der Waals surface area contributed by atoms with Gasteiger partial charge in [0.15, 0.2) is 17.1 Å². The normalized spacial score (nSPS) is 18.0. The van der Waals surface area contributed by atoms with Crippen LogP contribution >= 0.6 is 19.6 Å². The van der Waals surface area contributed by atoms with Crippen molar-refractivity contribution in [3.8, 4) is 17.2 Å². The van der Waals surface area contributed by atoms with Crippen LogP contribution in [-0.4, -0.2) is 56.0 Å². The number of hydrogen-bond acceptors (Lipinski definition) is 10. The molecular formula is C42H44ClF3N2O9P+.